The van der Waals surface area contributed by atoms with Gasteiger partial charge in [0.05, 0.1) is 5.39 Å². The molecule has 1 amide bonds. The molecule has 0 saturated carbocycles. The monoisotopic (exact) mass is 399 g/mol. The van der Waals surface area contributed by atoms with Crippen molar-refractivity contribution in [1.82, 2.24) is 15.3 Å². The Hall–Kier alpha value is -3.69. The predicted octanol–water partition coefficient (Wildman–Crippen LogP) is 4.02. The fraction of sp³-hybridized carbons (Fsp3) is 0.0870. The van der Waals surface area contributed by atoms with Crippen molar-refractivity contribution < 1.29 is 9.90 Å². The van der Waals surface area contributed by atoms with Crippen molar-refractivity contribution in [3.05, 3.63) is 76.4 Å². The average molecular weight is 399 g/mol. The summed E-state index contributed by atoms with van der Waals surface area (Å²) < 4.78 is 0. The fourth-order valence-corrected chi connectivity index (χ4v) is 3.76. The molecule has 0 radical (unpaired) electrons. The van der Waals surface area contributed by atoms with Crippen LogP contribution in [0.15, 0.2) is 60.1 Å². The molecular weight excluding hydrogens is 382 g/mol. The number of aromatic hydroxyl groups is 1. The van der Waals surface area contributed by atoms with Gasteiger partial charge in [-0.1, -0.05) is 42.5 Å². The molecule has 0 aliphatic carbocycles. The first-order valence-electron chi connectivity index (χ1n) is 9.02. The number of rotatable bonds is 5. The molecule has 0 aliphatic heterocycles. The van der Waals surface area contributed by atoms with E-state index in [1.54, 1.807) is 11.6 Å². The van der Waals surface area contributed by atoms with Crippen LogP contribution in [0.3, 0.4) is 0 Å². The number of carbonyl (C=O) groups is 1. The molecule has 0 unspecified atom stereocenters. The molecule has 0 fully saturated rings. The summed E-state index contributed by atoms with van der Waals surface area (Å²) in [5, 5.41) is 16.9. The van der Waals surface area contributed by atoms with Gasteiger partial charge >= 0.3 is 0 Å². The number of carbonyl (C=O) groups excluding carboxylic acids is 1. The van der Waals surface area contributed by atoms with Gasteiger partial charge in [0.1, 0.15) is 5.69 Å². The highest BCUT2D eigenvalue weighted by atomic mass is 32.1. The minimum absolute atomic E-state index is 0.0277. The van der Waals surface area contributed by atoms with Crippen LogP contribution in [0.1, 0.15) is 21.1 Å². The maximum atomic E-state index is 12.1. The first-order chi connectivity index (χ1) is 14.2. The van der Waals surface area contributed by atoms with Crippen LogP contribution in [-0.4, -0.2) is 27.5 Å². The number of pyridine rings is 1. The van der Waals surface area contributed by atoms with Crippen molar-refractivity contribution in [3.63, 3.8) is 0 Å². The van der Waals surface area contributed by atoms with E-state index in [4.69, 9.17) is 6.42 Å². The third-order valence-corrected chi connectivity index (χ3v) is 5.37. The number of benzene rings is 2. The maximum absolute atomic E-state index is 12.1. The zero-order chi connectivity index (χ0) is 20.2. The first-order valence-corrected chi connectivity index (χ1v) is 9.90. The largest absolute Gasteiger partial charge is 0.493 e. The molecule has 2 heterocycles. The number of thiazole rings is 1. The van der Waals surface area contributed by atoms with Crippen molar-refractivity contribution in [3.8, 4) is 29.4 Å². The average Bonchev–Trinajstić information content (AvgIpc) is 3.24. The van der Waals surface area contributed by atoms with E-state index in [1.165, 1.54) is 11.3 Å². The van der Waals surface area contributed by atoms with Crippen LogP contribution >= 0.6 is 11.3 Å². The van der Waals surface area contributed by atoms with Gasteiger partial charge in [0.25, 0.3) is 5.91 Å². The summed E-state index contributed by atoms with van der Waals surface area (Å²) in [5.74, 6) is 2.23. The number of aromatic nitrogens is 2. The van der Waals surface area contributed by atoms with Crippen molar-refractivity contribution >= 4 is 28.0 Å². The highest BCUT2D eigenvalue weighted by Gasteiger charge is 2.10. The summed E-state index contributed by atoms with van der Waals surface area (Å²) >= 11 is 1.28. The summed E-state index contributed by atoms with van der Waals surface area (Å²) in [7, 11) is 0. The fourth-order valence-electron chi connectivity index (χ4n) is 3.16. The van der Waals surface area contributed by atoms with E-state index >= 15 is 0 Å². The Labute approximate surface area is 172 Å². The normalized spacial score (nSPS) is 10.6. The summed E-state index contributed by atoms with van der Waals surface area (Å²) in [6, 6.07) is 15.8. The third-order valence-electron chi connectivity index (χ3n) is 4.60. The van der Waals surface area contributed by atoms with Gasteiger partial charge in [-0.05, 0) is 40.5 Å². The minimum atomic E-state index is -0.224. The van der Waals surface area contributed by atoms with Gasteiger partial charge in [0.2, 0.25) is 5.88 Å². The van der Waals surface area contributed by atoms with Crippen LogP contribution < -0.4 is 5.32 Å². The van der Waals surface area contributed by atoms with E-state index in [9.17, 15) is 9.90 Å². The van der Waals surface area contributed by atoms with Crippen molar-refractivity contribution in [1.29, 1.82) is 0 Å². The van der Waals surface area contributed by atoms with Crippen molar-refractivity contribution in [2.45, 2.75) is 6.42 Å². The molecule has 142 valence electrons. The van der Waals surface area contributed by atoms with Crippen molar-refractivity contribution in [2.24, 2.45) is 0 Å². The minimum Gasteiger partial charge on any atom is -0.493 e. The Morgan fingerprint density at radius 2 is 2.00 bits per heavy atom. The van der Waals surface area contributed by atoms with Gasteiger partial charge in [0, 0.05) is 18.1 Å². The molecule has 4 rings (SSSR count). The smallest absolute Gasteiger partial charge is 0.270 e. The van der Waals surface area contributed by atoms with Crippen LogP contribution in [0, 0.1) is 12.3 Å². The molecular formula is C23H17N3O2S. The summed E-state index contributed by atoms with van der Waals surface area (Å²) in [6.45, 7) is 0.500. The number of fused-ring (bicyclic) bond motifs is 1. The Bertz CT molecular complexity index is 1220. The Balaban J connectivity index is 1.44. The second kappa shape index (κ2) is 8.13. The lowest BCUT2D eigenvalue weighted by Crippen LogP contribution is -2.25. The van der Waals surface area contributed by atoms with Gasteiger partial charge in [-0.2, -0.15) is 0 Å². The number of nitrogens with one attached hydrogen (secondary N) is 1. The Morgan fingerprint density at radius 1 is 1.17 bits per heavy atom. The molecule has 0 spiro atoms. The van der Waals surface area contributed by atoms with Crippen LogP contribution in [0.4, 0.5) is 0 Å². The van der Waals surface area contributed by atoms with Gasteiger partial charge in [-0.3, -0.25) is 4.79 Å². The number of terminal acetylenes is 1. The SMILES string of the molecule is C#Cc1nc(C(=O)NCCc2ccc(-c3cccc4ccnc(O)c34)cc2)cs1. The molecule has 5 nitrogen and oxygen atoms in total. The summed E-state index contributed by atoms with van der Waals surface area (Å²) in [4.78, 5) is 20.2. The number of nitrogens with zero attached hydrogens (tertiary/aromatic N) is 2. The van der Waals surface area contributed by atoms with Crippen LogP contribution in [-0.2, 0) is 6.42 Å². The van der Waals surface area contributed by atoms with E-state index < -0.39 is 0 Å². The zero-order valence-electron chi connectivity index (χ0n) is 15.4. The lowest BCUT2D eigenvalue weighted by atomic mass is 9.98. The molecule has 2 N–H and O–H groups in total. The number of hydrogen-bond donors (Lipinski definition) is 2. The lowest BCUT2D eigenvalue weighted by Gasteiger charge is -2.09. The molecule has 2 aromatic carbocycles. The van der Waals surface area contributed by atoms with Crippen LogP contribution in [0.2, 0.25) is 0 Å². The number of hydrogen-bond acceptors (Lipinski definition) is 5. The summed E-state index contributed by atoms with van der Waals surface area (Å²) in [5.41, 5.74) is 3.37. The first kappa shape index (κ1) is 18.7. The molecule has 29 heavy (non-hydrogen) atoms. The molecule has 2 aromatic heterocycles. The Morgan fingerprint density at radius 3 is 2.76 bits per heavy atom. The molecule has 0 aliphatic rings. The van der Waals surface area contributed by atoms with Crippen molar-refractivity contribution in [2.75, 3.05) is 6.54 Å². The highest BCUT2D eigenvalue weighted by Crippen LogP contribution is 2.33. The predicted molar refractivity (Wildman–Crippen MR) is 115 cm³/mol. The van der Waals surface area contributed by atoms with E-state index in [-0.39, 0.29) is 11.8 Å². The molecule has 0 bridgehead atoms. The van der Waals surface area contributed by atoms with E-state index in [0.29, 0.717) is 23.7 Å². The second-order valence-corrected chi connectivity index (χ2v) is 7.28. The quantitative estimate of drug-likeness (QED) is 0.497. The summed E-state index contributed by atoms with van der Waals surface area (Å²) in [6.07, 6.45) is 7.57. The Kier molecular flexibility index (Phi) is 5.23. The molecule has 6 heteroatoms. The molecule has 4 aromatic rings. The maximum Gasteiger partial charge on any atom is 0.270 e. The topological polar surface area (TPSA) is 75.1 Å². The van der Waals surface area contributed by atoms with Gasteiger partial charge in [0.15, 0.2) is 5.01 Å². The highest BCUT2D eigenvalue weighted by molar-refractivity contribution is 7.10. The molecule has 0 atom stereocenters. The third kappa shape index (κ3) is 3.96. The zero-order valence-corrected chi connectivity index (χ0v) is 16.2. The van der Waals surface area contributed by atoms with E-state index in [2.05, 4.69) is 21.2 Å². The van der Waals surface area contributed by atoms with Crippen LogP contribution in [0.25, 0.3) is 21.9 Å². The van der Waals surface area contributed by atoms with Gasteiger partial charge in [-0.25, -0.2) is 9.97 Å². The van der Waals surface area contributed by atoms with E-state index in [0.717, 1.165) is 27.5 Å². The lowest BCUT2D eigenvalue weighted by molar-refractivity contribution is 0.0950. The van der Waals surface area contributed by atoms with Gasteiger partial charge < -0.3 is 10.4 Å². The standard InChI is InChI=1S/C23H17N3O2S/c1-2-20-26-19(14-29-20)22(27)24-12-10-15-6-8-16(9-7-15)18-5-3-4-17-11-13-25-23(28)21(17)18/h1,3-9,11,13-14H,10,12H2,(H,24,27)(H,25,28). The van der Waals surface area contributed by atoms with E-state index in [1.807, 2.05) is 48.5 Å². The van der Waals surface area contributed by atoms with Crippen LogP contribution in [0.5, 0.6) is 5.88 Å². The molecule has 0 saturated heterocycles. The second-order valence-electron chi connectivity index (χ2n) is 6.42. The number of amides is 1. The van der Waals surface area contributed by atoms with Gasteiger partial charge in [-0.15, -0.1) is 17.8 Å².